The summed E-state index contributed by atoms with van der Waals surface area (Å²) in [6, 6.07) is 13.4. The number of allylic oxidation sites excluding steroid dienone is 1. The molecular weight excluding hydrogens is 464 g/mol. The Kier molecular flexibility index (Phi) is 8.44. The number of imidazole rings is 1. The van der Waals surface area contributed by atoms with Crippen LogP contribution in [0.3, 0.4) is 0 Å². The highest BCUT2D eigenvalue weighted by atomic mass is 16.5. The zero-order valence-corrected chi connectivity index (χ0v) is 22.4. The van der Waals surface area contributed by atoms with E-state index in [1.165, 1.54) is 25.2 Å². The second-order valence-electron chi connectivity index (χ2n) is 10.5. The minimum absolute atomic E-state index is 0.0589. The largest absolute Gasteiger partial charge is 0.465 e. The lowest BCUT2D eigenvalue weighted by Crippen LogP contribution is -2.34. The van der Waals surface area contributed by atoms with Crippen LogP contribution < -0.4 is 10.6 Å². The molecule has 3 unspecified atom stereocenters. The Morgan fingerprint density at radius 1 is 1.16 bits per heavy atom. The van der Waals surface area contributed by atoms with Crippen LogP contribution in [-0.4, -0.2) is 35.5 Å². The Balaban J connectivity index is 1.39. The lowest BCUT2D eigenvalue weighted by atomic mass is 9.70. The molecule has 0 aliphatic heterocycles. The first-order chi connectivity index (χ1) is 17.7. The molecule has 7 heteroatoms. The van der Waals surface area contributed by atoms with Crippen molar-refractivity contribution in [3.8, 4) is 0 Å². The molecule has 1 amide bonds. The number of hydrogen-bond acceptors (Lipinski definition) is 5. The lowest BCUT2D eigenvalue weighted by molar-refractivity contribution is -0.114. The van der Waals surface area contributed by atoms with Gasteiger partial charge in [0.25, 0.3) is 0 Å². The quantitative estimate of drug-likeness (QED) is 0.265. The molecule has 1 aromatic heterocycles. The monoisotopic (exact) mass is 502 g/mol. The molecule has 7 nitrogen and oxygen atoms in total. The van der Waals surface area contributed by atoms with Crippen molar-refractivity contribution in [3.63, 3.8) is 0 Å². The van der Waals surface area contributed by atoms with E-state index in [1.54, 1.807) is 6.07 Å². The number of carbonyl (C=O) groups is 2. The molecule has 196 valence electrons. The molecule has 1 heterocycles. The summed E-state index contributed by atoms with van der Waals surface area (Å²) in [4.78, 5) is 31.3. The van der Waals surface area contributed by atoms with E-state index in [4.69, 9.17) is 9.72 Å². The predicted octanol–water partition coefficient (Wildman–Crippen LogP) is 5.49. The van der Waals surface area contributed by atoms with Crippen LogP contribution >= 0.6 is 0 Å². The highest BCUT2D eigenvalue weighted by Gasteiger charge is 2.32. The normalized spacial score (nSPS) is 19.6. The van der Waals surface area contributed by atoms with Gasteiger partial charge in [-0.1, -0.05) is 37.6 Å². The number of carbonyl (C=O) groups excluding carboxylic acids is 2. The summed E-state index contributed by atoms with van der Waals surface area (Å²) in [5, 5.41) is 6.46. The Hall–Kier alpha value is -3.45. The average Bonchev–Trinajstić information content (AvgIpc) is 3.27. The molecule has 0 radical (unpaired) electrons. The molecule has 2 aromatic carbocycles. The van der Waals surface area contributed by atoms with Crippen molar-refractivity contribution in [2.45, 2.75) is 47.1 Å². The number of H-pyrrole nitrogens is 1. The van der Waals surface area contributed by atoms with Gasteiger partial charge in [-0.3, -0.25) is 4.79 Å². The lowest BCUT2D eigenvalue weighted by Gasteiger charge is -2.37. The van der Waals surface area contributed by atoms with Gasteiger partial charge >= 0.3 is 5.97 Å². The van der Waals surface area contributed by atoms with E-state index in [0.29, 0.717) is 29.2 Å². The van der Waals surface area contributed by atoms with E-state index < -0.39 is 0 Å². The van der Waals surface area contributed by atoms with Crippen LogP contribution in [0.1, 0.15) is 55.9 Å². The minimum Gasteiger partial charge on any atom is -0.465 e. The maximum atomic E-state index is 11.9. The van der Waals surface area contributed by atoms with Crippen molar-refractivity contribution in [2.75, 3.05) is 19.0 Å². The molecule has 3 aromatic rings. The van der Waals surface area contributed by atoms with Crippen LogP contribution in [0.15, 0.2) is 54.1 Å². The molecular formula is C30H38N4O3. The first kappa shape index (κ1) is 26.6. The van der Waals surface area contributed by atoms with Crippen LogP contribution in [0.4, 0.5) is 5.69 Å². The topological polar surface area (TPSA) is 96.1 Å². The average molecular weight is 503 g/mol. The molecule has 1 aliphatic rings. The number of anilines is 1. The van der Waals surface area contributed by atoms with Gasteiger partial charge in [0, 0.05) is 32.1 Å². The number of amides is 1. The third kappa shape index (κ3) is 6.66. The molecule has 0 bridgehead atoms. The number of rotatable bonds is 9. The number of hydrogen-bond donors (Lipinski definition) is 3. The van der Waals surface area contributed by atoms with Crippen molar-refractivity contribution in [2.24, 2.45) is 23.7 Å². The first-order valence-corrected chi connectivity index (χ1v) is 13.1. The second kappa shape index (κ2) is 11.7. The molecule has 4 rings (SSSR count). The van der Waals surface area contributed by atoms with E-state index in [-0.39, 0.29) is 11.9 Å². The van der Waals surface area contributed by atoms with Crippen LogP contribution in [0, 0.1) is 23.7 Å². The number of fused-ring (bicyclic) bond motifs is 1. The van der Waals surface area contributed by atoms with Gasteiger partial charge in [-0.2, -0.15) is 0 Å². The molecule has 37 heavy (non-hydrogen) atoms. The Labute approximate surface area is 219 Å². The smallest absolute Gasteiger partial charge is 0.337 e. The number of esters is 1. The maximum absolute atomic E-state index is 11.9. The summed E-state index contributed by atoms with van der Waals surface area (Å²) >= 11 is 0. The second-order valence-corrected chi connectivity index (χ2v) is 10.5. The standard InChI is InChI=1S/C30H38N4O3/c1-18(2)26-13-23(15-29-33-27-11-8-22(30(36)37-5)14-28(27)34-29)19(3)12-24(26)17-31-16-21-6-9-25(10-7-21)32-20(4)35/h6-12,14,18,23-24,26,31H,13,15-17H2,1-5H3,(H,32,35)(H,33,34). The van der Waals surface area contributed by atoms with Gasteiger partial charge in [-0.05, 0) is 72.9 Å². The minimum atomic E-state index is -0.342. The summed E-state index contributed by atoms with van der Waals surface area (Å²) in [5.74, 6) is 2.63. The van der Waals surface area contributed by atoms with Crippen LogP contribution in [-0.2, 0) is 22.5 Å². The van der Waals surface area contributed by atoms with Gasteiger partial charge in [-0.25, -0.2) is 9.78 Å². The van der Waals surface area contributed by atoms with Gasteiger partial charge in [-0.15, -0.1) is 0 Å². The van der Waals surface area contributed by atoms with Gasteiger partial charge in [0.1, 0.15) is 5.82 Å². The number of ether oxygens (including phenoxy) is 1. The molecule has 0 fully saturated rings. The fourth-order valence-electron chi connectivity index (χ4n) is 5.44. The number of aromatic amines is 1. The fourth-order valence-corrected chi connectivity index (χ4v) is 5.44. The molecule has 0 spiro atoms. The van der Waals surface area contributed by atoms with Crippen molar-refractivity contribution in [1.82, 2.24) is 15.3 Å². The van der Waals surface area contributed by atoms with Crippen molar-refractivity contribution in [3.05, 3.63) is 71.1 Å². The van der Waals surface area contributed by atoms with E-state index >= 15 is 0 Å². The van der Waals surface area contributed by atoms with Crippen molar-refractivity contribution in [1.29, 1.82) is 0 Å². The first-order valence-electron chi connectivity index (χ1n) is 13.1. The number of benzene rings is 2. The number of aromatic nitrogens is 2. The van der Waals surface area contributed by atoms with E-state index in [2.05, 4.69) is 54.6 Å². The zero-order valence-electron chi connectivity index (χ0n) is 22.4. The maximum Gasteiger partial charge on any atom is 0.337 e. The van der Waals surface area contributed by atoms with Crippen LogP contribution in [0.5, 0.6) is 0 Å². The van der Waals surface area contributed by atoms with E-state index in [1.807, 2.05) is 24.3 Å². The number of nitrogens with one attached hydrogen (secondary N) is 3. The number of methoxy groups -OCH3 is 1. The van der Waals surface area contributed by atoms with Crippen LogP contribution in [0.25, 0.3) is 11.0 Å². The van der Waals surface area contributed by atoms with Crippen LogP contribution in [0.2, 0.25) is 0 Å². The number of nitrogens with zero attached hydrogens (tertiary/aromatic N) is 1. The summed E-state index contributed by atoms with van der Waals surface area (Å²) in [6.45, 7) is 10.1. The fraction of sp³-hybridized carbons (Fsp3) is 0.433. The Morgan fingerprint density at radius 2 is 1.92 bits per heavy atom. The highest BCUT2D eigenvalue weighted by molar-refractivity contribution is 5.93. The Morgan fingerprint density at radius 3 is 2.59 bits per heavy atom. The molecule has 3 N–H and O–H groups in total. The molecule has 1 aliphatic carbocycles. The van der Waals surface area contributed by atoms with Gasteiger partial charge < -0.3 is 20.4 Å². The molecule has 0 saturated carbocycles. The van der Waals surface area contributed by atoms with Gasteiger partial charge in [0.05, 0.1) is 23.7 Å². The Bertz CT molecular complexity index is 1280. The van der Waals surface area contributed by atoms with Crippen molar-refractivity contribution < 1.29 is 14.3 Å². The van der Waals surface area contributed by atoms with Gasteiger partial charge in [0.15, 0.2) is 0 Å². The summed E-state index contributed by atoms with van der Waals surface area (Å²) in [6.07, 6.45) is 4.44. The summed E-state index contributed by atoms with van der Waals surface area (Å²) in [5.41, 5.74) is 5.69. The molecule has 0 saturated heterocycles. The summed E-state index contributed by atoms with van der Waals surface area (Å²) < 4.78 is 4.84. The third-order valence-corrected chi connectivity index (χ3v) is 7.46. The predicted molar refractivity (Wildman–Crippen MR) is 147 cm³/mol. The van der Waals surface area contributed by atoms with E-state index in [0.717, 1.165) is 48.5 Å². The third-order valence-electron chi connectivity index (χ3n) is 7.46. The molecule has 3 atom stereocenters. The SMILES string of the molecule is COC(=O)c1ccc2nc(CC3CC(C(C)C)C(CNCc4ccc(NC(C)=O)cc4)C=C3C)[nH]c2c1. The summed E-state index contributed by atoms with van der Waals surface area (Å²) in [7, 11) is 1.39. The van der Waals surface area contributed by atoms with Gasteiger partial charge in [0.2, 0.25) is 5.91 Å². The zero-order chi connectivity index (χ0) is 26.5. The van der Waals surface area contributed by atoms with Crippen molar-refractivity contribution >= 4 is 28.6 Å². The highest BCUT2D eigenvalue weighted by Crippen LogP contribution is 2.38. The van der Waals surface area contributed by atoms with E-state index in [9.17, 15) is 9.59 Å².